The highest BCUT2D eigenvalue weighted by Crippen LogP contribution is 2.21. The van der Waals surface area contributed by atoms with Gasteiger partial charge in [-0.05, 0) is 30.2 Å². The zero-order valence-electron chi connectivity index (χ0n) is 9.45. The van der Waals surface area contributed by atoms with Crippen LogP contribution in [0.4, 0.5) is 0 Å². The van der Waals surface area contributed by atoms with Gasteiger partial charge in [-0.1, -0.05) is 23.7 Å². The van der Waals surface area contributed by atoms with E-state index in [-0.39, 0.29) is 0 Å². The molecule has 1 N–H and O–H groups in total. The van der Waals surface area contributed by atoms with Gasteiger partial charge in [0.05, 0.1) is 5.69 Å². The number of nitrogens with zero attached hydrogens (tertiary/aromatic N) is 2. The summed E-state index contributed by atoms with van der Waals surface area (Å²) >= 11 is 5.88. The SMILES string of the molecule is O=C(O)C(Cc1cccc(Cl)c1)c1ccncn1. The van der Waals surface area contributed by atoms with Crippen LogP contribution in [0.2, 0.25) is 5.02 Å². The molecule has 0 spiro atoms. The van der Waals surface area contributed by atoms with Crippen molar-refractivity contribution in [2.75, 3.05) is 0 Å². The van der Waals surface area contributed by atoms with Crippen molar-refractivity contribution in [1.82, 2.24) is 9.97 Å². The van der Waals surface area contributed by atoms with Gasteiger partial charge in [0.1, 0.15) is 12.2 Å². The van der Waals surface area contributed by atoms with Crippen molar-refractivity contribution in [2.45, 2.75) is 12.3 Å². The molecule has 18 heavy (non-hydrogen) atoms. The molecular formula is C13H11ClN2O2. The summed E-state index contributed by atoms with van der Waals surface area (Å²) in [6, 6.07) is 8.78. The maximum absolute atomic E-state index is 11.3. The summed E-state index contributed by atoms with van der Waals surface area (Å²) < 4.78 is 0. The highest BCUT2D eigenvalue weighted by atomic mass is 35.5. The van der Waals surface area contributed by atoms with Crippen molar-refractivity contribution >= 4 is 17.6 Å². The topological polar surface area (TPSA) is 63.1 Å². The first kappa shape index (κ1) is 12.5. The Morgan fingerprint density at radius 1 is 1.39 bits per heavy atom. The zero-order chi connectivity index (χ0) is 13.0. The van der Waals surface area contributed by atoms with E-state index in [2.05, 4.69) is 9.97 Å². The van der Waals surface area contributed by atoms with Gasteiger partial charge in [-0.15, -0.1) is 0 Å². The lowest BCUT2D eigenvalue weighted by Gasteiger charge is -2.11. The number of hydrogen-bond donors (Lipinski definition) is 1. The van der Waals surface area contributed by atoms with Gasteiger partial charge in [-0.2, -0.15) is 0 Å². The number of aliphatic carboxylic acids is 1. The Kier molecular flexibility index (Phi) is 3.89. The van der Waals surface area contributed by atoms with Crippen molar-refractivity contribution in [3.05, 3.63) is 59.1 Å². The number of carbonyl (C=O) groups is 1. The molecule has 0 aliphatic heterocycles. The van der Waals surface area contributed by atoms with E-state index in [1.807, 2.05) is 6.07 Å². The normalized spacial score (nSPS) is 12.1. The first-order valence-corrected chi connectivity index (χ1v) is 5.78. The van der Waals surface area contributed by atoms with Crippen molar-refractivity contribution < 1.29 is 9.90 Å². The van der Waals surface area contributed by atoms with E-state index in [0.717, 1.165) is 5.56 Å². The fourth-order valence-corrected chi connectivity index (χ4v) is 1.94. The van der Waals surface area contributed by atoms with Crippen LogP contribution < -0.4 is 0 Å². The number of aromatic nitrogens is 2. The maximum Gasteiger partial charge on any atom is 0.312 e. The summed E-state index contributed by atoms with van der Waals surface area (Å²) in [5, 5.41) is 9.86. The summed E-state index contributed by atoms with van der Waals surface area (Å²) in [5.74, 6) is -1.60. The van der Waals surface area contributed by atoms with E-state index < -0.39 is 11.9 Å². The Morgan fingerprint density at radius 2 is 2.22 bits per heavy atom. The monoisotopic (exact) mass is 262 g/mol. The second-order valence-electron chi connectivity index (χ2n) is 3.86. The van der Waals surface area contributed by atoms with Gasteiger partial charge in [-0.3, -0.25) is 4.79 Å². The number of hydrogen-bond acceptors (Lipinski definition) is 3. The maximum atomic E-state index is 11.3. The van der Waals surface area contributed by atoms with E-state index in [1.165, 1.54) is 12.5 Å². The number of benzene rings is 1. The summed E-state index contributed by atoms with van der Waals surface area (Å²) in [7, 11) is 0. The molecule has 4 nitrogen and oxygen atoms in total. The molecule has 0 aliphatic carbocycles. The molecule has 2 aromatic rings. The van der Waals surface area contributed by atoms with Crippen LogP contribution in [-0.2, 0) is 11.2 Å². The van der Waals surface area contributed by atoms with Crippen LogP contribution in [-0.4, -0.2) is 21.0 Å². The molecule has 0 fully saturated rings. The minimum absolute atomic E-state index is 0.354. The third-order valence-electron chi connectivity index (χ3n) is 2.59. The van der Waals surface area contributed by atoms with Crippen LogP contribution in [0.3, 0.4) is 0 Å². The number of carboxylic acid groups (broad SMARTS) is 1. The van der Waals surface area contributed by atoms with Crippen LogP contribution in [0.1, 0.15) is 17.2 Å². The summed E-state index contributed by atoms with van der Waals surface area (Å²) in [6.07, 6.45) is 3.24. The summed E-state index contributed by atoms with van der Waals surface area (Å²) in [4.78, 5) is 19.1. The van der Waals surface area contributed by atoms with Gasteiger partial charge >= 0.3 is 5.97 Å². The Bertz CT molecular complexity index is 546. The van der Waals surface area contributed by atoms with E-state index >= 15 is 0 Å². The van der Waals surface area contributed by atoms with Crippen LogP contribution in [0, 0.1) is 0 Å². The third-order valence-corrected chi connectivity index (χ3v) is 2.82. The van der Waals surface area contributed by atoms with Crippen LogP contribution in [0.25, 0.3) is 0 Å². The number of halogens is 1. The molecule has 0 saturated carbocycles. The predicted molar refractivity (Wildman–Crippen MR) is 67.6 cm³/mol. The summed E-state index contributed by atoms with van der Waals surface area (Å²) in [5.41, 5.74) is 1.37. The molecule has 0 amide bonds. The molecule has 1 aromatic carbocycles. The molecule has 0 aliphatic rings. The van der Waals surface area contributed by atoms with Crippen molar-refractivity contribution in [2.24, 2.45) is 0 Å². The molecule has 1 atom stereocenters. The standard InChI is InChI=1S/C13H11ClN2O2/c14-10-3-1-2-9(6-10)7-11(13(17)18)12-4-5-15-8-16-12/h1-6,8,11H,7H2,(H,17,18). The molecule has 92 valence electrons. The zero-order valence-corrected chi connectivity index (χ0v) is 10.2. The average molecular weight is 263 g/mol. The van der Waals surface area contributed by atoms with E-state index in [9.17, 15) is 9.90 Å². The van der Waals surface area contributed by atoms with Gasteiger partial charge in [0.2, 0.25) is 0 Å². The Balaban J connectivity index is 2.25. The van der Waals surface area contributed by atoms with Crippen LogP contribution >= 0.6 is 11.6 Å². The molecule has 2 rings (SSSR count). The first-order chi connectivity index (χ1) is 8.66. The van der Waals surface area contributed by atoms with Crippen molar-refractivity contribution in [3.63, 3.8) is 0 Å². The van der Waals surface area contributed by atoms with E-state index in [1.54, 1.807) is 24.3 Å². The minimum atomic E-state index is -0.909. The van der Waals surface area contributed by atoms with E-state index in [4.69, 9.17) is 11.6 Å². The van der Waals surface area contributed by atoms with Gasteiger partial charge in [0, 0.05) is 11.2 Å². The lowest BCUT2D eigenvalue weighted by molar-refractivity contribution is -0.138. The molecular weight excluding hydrogens is 252 g/mol. The third kappa shape index (κ3) is 3.05. The molecule has 0 saturated heterocycles. The van der Waals surface area contributed by atoms with Gasteiger partial charge < -0.3 is 5.11 Å². The van der Waals surface area contributed by atoms with Crippen molar-refractivity contribution in [1.29, 1.82) is 0 Å². The first-order valence-electron chi connectivity index (χ1n) is 5.40. The summed E-state index contributed by atoms with van der Waals surface area (Å²) in [6.45, 7) is 0. The Morgan fingerprint density at radius 3 is 2.83 bits per heavy atom. The Labute approximate surface area is 109 Å². The van der Waals surface area contributed by atoms with Crippen molar-refractivity contribution in [3.8, 4) is 0 Å². The number of carboxylic acids is 1. The van der Waals surface area contributed by atoms with Gasteiger partial charge in [0.25, 0.3) is 0 Å². The largest absolute Gasteiger partial charge is 0.481 e. The highest BCUT2D eigenvalue weighted by Gasteiger charge is 2.21. The van der Waals surface area contributed by atoms with E-state index in [0.29, 0.717) is 17.1 Å². The van der Waals surface area contributed by atoms with Gasteiger partial charge in [0.15, 0.2) is 0 Å². The predicted octanol–water partition coefficient (Wildman–Crippen LogP) is 2.54. The fourth-order valence-electron chi connectivity index (χ4n) is 1.73. The second-order valence-corrected chi connectivity index (χ2v) is 4.30. The molecule has 1 aromatic heterocycles. The smallest absolute Gasteiger partial charge is 0.312 e. The van der Waals surface area contributed by atoms with Crippen LogP contribution in [0.15, 0.2) is 42.9 Å². The number of rotatable bonds is 4. The lowest BCUT2D eigenvalue weighted by Crippen LogP contribution is -2.15. The quantitative estimate of drug-likeness (QED) is 0.920. The van der Waals surface area contributed by atoms with Gasteiger partial charge in [-0.25, -0.2) is 9.97 Å². The second kappa shape index (κ2) is 5.60. The fraction of sp³-hybridized carbons (Fsp3) is 0.154. The van der Waals surface area contributed by atoms with Crippen LogP contribution in [0.5, 0.6) is 0 Å². The average Bonchev–Trinajstić information content (AvgIpc) is 2.37. The molecule has 1 unspecified atom stereocenters. The minimum Gasteiger partial charge on any atom is -0.481 e. The molecule has 5 heteroatoms. The lowest BCUT2D eigenvalue weighted by atomic mass is 9.96. The Hall–Kier alpha value is -1.94. The molecule has 1 heterocycles. The molecule has 0 bridgehead atoms. The highest BCUT2D eigenvalue weighted by molar-refractivity contribution is 6.30. The molecule has 0 radical (unpaired) electrons.